The number of nitrogens with zero attached hydrogens (tertiary/aromatic N) is 2. The SMILES string of the molecule is CCNC(=NCc1cc2c(cc1OCC)CC(C)O2)NCC(C)(C)N1CCOCC1.I. The first-order valence-electron chi connectivity index (χ1n) is 11.2. The highest BCUT2D eigenvalue weighted by atomic mass is 127. The Kier molecular flexibility index (Phi) is 10.2. The Morgan fingerprint density at radius 1 is 1.23 bits per heavy atom. The van der Waals surface area contributed by atoms with Gasteiger partial charge in [-0.1, -0.05) is 0 Å². The zero-order valence-corrected chi connectivity index (χ0v) is 22.0. The largest absolute Gasteiger partial charge is 0.494 e. The summed E-state index contributed by atoms with van der Waals surface area (Å²) in [6.07, 6.45) is 1.15. The Morgan fingerprint density at radius 3 is 2.65 bits per heavy atom. The van der Waals surface area contributed by atoms with Gasteiger partial charge in [-0.05, 0) is 46.8 Å². The van der Waals surface area contributed by atoms with Gasteiger partial charge >= 0.3 is 0 Å². The second-order valence-electron chi connectivity index (χ2n) is 8.59. The Labute approximate surface area is 204 Å². The quantitative estimate of drug-likeness (QED) is 0.297. The van der Waals surface area contributed by atoms with Crippen LogP contribution in [0.4, 0.5) is 0 Å². The van der Waals surface area contributed by atoms with E-state index in [9.17, 15) is 0 Å². The molecule has 2 heterocycles. The maximum absolute atomic E-state index is 5.94. The topological polar surface area (TPSA) is 67.4 Å². The molecule has 2 aliphatic heterocycles. The normalized spacial score (nSPS) is 19.3. The van der Waals surface area contributed by atoms with Gasteiger partial charge in [0.15, 0.2) is 5.96 Å². The Hall–Kier alpha value is -1.26. The van der Waals surface area contributed by atoms with E-state index in [4.69, 9.17) is 19.2 Å². The fourth-order valence-corrected chi connectivity index (χ4v) is 3.98. The van der Waals surface area contributed by atoms with Gasteiger partial charge in [-0.25, -0.2) is 4.99 Å². The van der Waals surface area contributed by atoms with E-state index >= 15 is 0 Å². The summed E-state index contributed by atoms with van der Waals surface area (Å²) in [4.78, 5) is 7.31. The number of guanidine groups is 1. The molecule has 1 aromatic rings. The molecule has 0 aliphatic carbocycles. The minimum absolute atomic E-state index is 0. The smallest absolute Gasteiger partial charge is 0.191 e. The molecular formula is C23H39IN4O3. The van der Waals surface area contributed by atoms with Gasteiger partial charge in [0.1, 0.15) is 17.6 Å². The molecule has 1 saturated heterocycles. The Balaban J connectivity index is 0.00000341. The summed E-state index contributed by atoms with van der Waals surface area (Å²) in [5.74, 6) is 2.68. The predicted octanol–water partition coefficient (Wildman–Crippen LogP) is 3.19. The minimum atomic E-state index is 0. The lowest BCUT2D eigenvalue weighted by molar-refractivity contribution is -0.00834. The fourth-order valence-electron chi connectivity index (χ4n) is 3.98. The van der Waals surface area contributed by atoms with E-state index in [0.29, 0.717) is 13.2 Å². The number of aliphatic imine (C=N–C) groups is 1. The van der Waals surface area contributed by atoms with Gasteiger partial charge in [-0.15, -0.1) is 24.0 Å². The first-order chi connectivity index (χ1) is 14.4. The van der Waals surface area contributed by atoms with Crippen LogP contribution in [0.15, 0.2) is 17.1 Å². The lowest BCUT2D eigenvalue weighted by atomic mass is 10.0. The summed E-state index contributed by atoms with van der Waals surface area (Å²) in [7, 11) is 0. The first kappa shape index (κ1) is 26.0. The molecule has 0 aromatic heterocycles. The van der Waals surface area contributed by atoms with Crippen molar-refractivity contribution in [3.63, 3.8) is 0 Å². The molecule has 8 heteroatoms. The number of nitrogens with one attached hydrogen (secondary N) is 2. The molecule has 2 N–H and O–H groups in total. The standard InChI is InChI=1S/C23H38N4O3.HI/c1-6-24-22(26-16-23(4,5)27-8-10-28-11-9-27)25-15-19-14-21-18(12-17(3)30-21)13-20(19)29-7-2;/h13-14,17H,6-12,15-16H2,1-5H3,(H2,24,25,26);1H. The third-order valence-electron chi connectivity index (χ3n) is 5.69. The Bertz CT molecular complexity index is 736. The lowest BCUT2D eigenvalue weighted by Crippen LogP contribution is -2.56. The Morgan fingerprint density at radius 2 is 1.97 bits per heavy atom. The number of hydrogen-bond donors (Lipinski definition) is 2. The predicted molar refractivity (Wildman–Crippen MR) is 136 cm³/mol. The van der Waals surface area contributed by atoms with Crippen molar-refractivity contribution in [1.82, 2.24) is 15.5 Å². The fraction of sp³-hybridized carbons (Fsp3) is 0.696. The molecule has 0 amide bonds. The molecule has 1 atom stereocenters. The van der Waals surface area contributed by atoms with Gasteiger partial charge in [0, 0.05) is 49.3 Å². The molecule has 0 spiro atoms. The minimum Gasteiger partial charge on any atom is -0.494 e. The van der Waals surface area contributed by atoms with E-state index in [1.165, 1.54) is 5.56 Å². The number of halogens is 1. The number of fused-ring (bicyclic) bond motifs is 1. The van der Waals surface area contributed by atoms with Crippen LogP contribution in [0.5, 0.6) is 11.5 Å². The van der Waals surface area contributed by atoms with Crippen molar-refractivity contribution in [2.24, 2.45) is 4.99 Å². The molecule has 0 radical (unpaired) electrons. The zero-order valence-electron chi connectivity index (χ0n) is 19.6. The molecule has 2 aliphatic rings. The summed E-state index contributed by atoms with van der Waals surface area (Å²) in [5.41, 5.74) is 2.29. The molecule has 176 valence electrons. The monoisotopic (exact) mass is 546 g/mol. The second-order valence-corrected chi connectivity index (χ2v) is 8.59. The summed E-state index contributed by atoms with van der Waals surface area (Å²) >= 11 is 0. The molecule has 31 heavy (non-hydrogen) atoms. The van der Waals surface area contributed by atoms with Crippen molar-refractivity contribution >= 4 is 29.9 Å². The van der Waals surface area contributed by atoms with Crippen molar-refractivity contribution in [3.05, 3.63) is 23.3 Å². The number of hydrogen-bond acceptors (Lipinski definition) is 5. The highest BCUT2D eigenvalue weighted by molar-refractivity contribution is 14.0. The number of ether oxygens (including phenoxy) is 3. The van der Waals surface area contributed by atoms with Crippen LogP contribution < -0.4 is 20.1 Å². The second kappa shape index (κ2) is 12.1. The van der Waals surface area contributed by atoms with Crippen molar-refractivity contribution in [1.29, 1.82) is 0 Å². The summed E-state index contributed by atoms with van der Waals surface area (Å²) in [5, 5.41) is 6.89. The molecular weight excluding hydrogens is 507 g/mol. The van der Waals surface area contributed by atoms with Crippen molar-refractivity contribution in [3.8, 4) is 11.5 Å². The van der Waals surface area contributed by atoms with Crippen LogP contribution in [0.3, 0.4) is 0 Å². The first-order valence-corrected chi connectivity index (χ1v) is 11.2. The molecule has 1 unspecified atom stereocenters. The molecule has 7 nitrogen and oxygen atoms in total. The summed E-state index contributed by atoms with van der Waals surface area (Å²) in [6, 6.07) is 4.21. The maximum Gasteiger partial charge on any atom is 0.191 e. The molecule has 0 bridgehead atoms. The number of rotatable bonds is 8. The average Bonchev–Trinajstić information content (AvgIpc) is 3.09. The molecule has 1 fully saturated rings. The van der Waals surface area contributed by atoms with Gasteiger partial charge in [-0.2, -0.15) is 0 Å². The van der Waals surface area contributed by atoms with Crippen LogP contribution in [0.2, 0.25) is 0 Å². The third kappa shape index (κ3) is 7.12. The van der Waals surface area contributed by atoms with Crippen LogP contribution in [-0.2, 0) is 17.7 Å². The summed E-state index contributed by atoms with van der Waals surface area (Å²) < 4.78 is 17.3. The van der Waals surface area contributed by atoms with Gasteiger partial charge in [0.25, 0.3) is 0 Å². The van der Waals surface area contributed by atoms with E-state index in [2.05, 4.69) is 55.4 Å². The van der Waals surface area contributed by atoms with Crippen LogP contribution in [0.25, 0.3) is 0 Å². The lowest BCUT2D eigenvalue weighted by Gasteiger charge is -2.41. The van der Waals surface area contributed by atoms with Crippen LogP contribution in [0, 0.1) is 0 Å². The van der Waals surface area contributed by atoms with Crippen molar-refractivity contribution in [2.75, 3.05) is 46.0 Å². The van der Waals surface area contributed by atoms with Gasteiger partial charge in [-0.3, -0.25) is 4.90 Å². The highest BCUT2D eigenvalue weighted by Gasteiger charge is 2.28. The number of morpholine rings is 1. The van der Waals surface area contributed by atoms with E-state index in [1.54, 1.807) is 0 Å². The van der Waals surface area contributed by atoms with E-state index in [0.717, 1.165) is 68.8 Å². The van der Waals surface area contributed by atoms with E-state index in [1.807, 2.05) is 6.92 Å². The van der Waals surface area contributed by atoms with Gasteiger partial charge in [0.05, 0.1) is 26.4 Å². The highest BCUT2D eigenvalue weighted by Crippen LogP contribution is 2.35. The zero-order chi connectivity index (χ0) is 21.6. The third-order valence-corrected chi connectivity index (χ3v) is 5.69. The maximum atomic E-state index is 5.94. The molecule has 3 rings (SSSR count). The average molecular weight is 546 g/mol. The van der Waals surface area contributed by atoms with E-state index in [-0.39, 0.29) is 35.6 Å². The van der Waals surface area contributed by atoms with Gasteiger partial charge < -0.3 is 24.8 Å². The van der Waals surface area contributed by atoms with Crippen molar-refractivity contribution in [2.45, 2.75) is 59.2 Å². The van der Waals surface area contributed by atoms with Gasteiger partial charge in [0.2, 0.25) is 0 Å². The van der Waals surface area contributed by atoms with Crippen molar-refractivity contribution < 1.29 is 14.2 Å². The van der Waals surface area contributed by atoms with Crippen LogP contribution in [0.1, 0.15) is 45.7 Å². The van der Waals surface area contributed by atoms with Crippen LogP contribution in [-0.4, -0.2) is 68.5 Å². The summed E-state index contributed by atoms with van der Waals surface area (Å²) in [6.45, 7) is 17.1. The molecule has 0 saturated carbocycles. The molecule has 1 aromatic carbocycles. The van der Waals surface area contributed by atoms with E-state index < -0.39 is 0 Å². The number of benzene rings is 1. The van der Waals surface area contributed by atoms with Crippen LogP contribution >= 0.6 is 24.0 Å².